The molecule has 3 saturated carbocycles. The van der Waals surface area contributed by atoms with Crippen LogP contribution in [0.15, 0.2) is 0 Å². The van der Waals surface area contributed by atoms with Gasteiger partial charge in [-0.3, -0.25) is 4.79 Å². The van der Waals surface area contributed by atoms with Crippen molar-refractivity contribution in [1.82, 2.24) is 0 Å². The van der Waals surface area contributed by atoms with Gasteiger partial charge in [0.2, 0.25) is 6.29 Å². The maximum atomic E-state index is 10.4. The molecule has 1 radical (unpaired) electrons. The summed E-state index contributed by atoms with van der Waals surface area (Å²) in [7, 11) is 0. The van der Waals surface area contributed by atoms with E-state index in [1.165, 1.54) is 25.7 Å². The molecule has 2 bridgehead atoms. The highest BCUT2D eigenvalue weighted by molar-refractivity contribution is 5.55. The average molecular weight is 137 g/mol. The van der Waals surface area contributed by atoms with Crippen LogP contribution in [0.5, 0.6) is 0 Å². The molecule has 1 atom stereocenters. The van der Waals surface area contributed by atoms with E-state index < -0.39 is 0 Å². The molecule has 0 amide bonds. The zero-order valence-electron chi connectivity index (χ0n) is 6.18. The minimum Gasteiger partial charge on any atom is -0.291 e. The van der Waals surface area contributed by atoms with E-state index in [4.69, 9.17) is 0 Å². The second-order valence-corrected chi connectivity index (χ2v) is 3.74. The number of fused-ring (bicyclic) bond motifs is 3. The third-order valence-electron chi connectivity index (χ3n) is 3.20. The largest absolute Gasteiger partial charge is 0.291 e. The Balaban J connectivity index is 2.07. The Morgan fingerprint density at radius 1 is 1.10 bits per heavy atom. The predicted molar refractivity (Wildman–Crippen MR) is 39.2 cm³/mol. The molecule has 0 aromatic carbocycles. The molecule has 1 heteroatoms. The van der Waals surface area contributed by atoms with Gasteiger partial charge in [-0.15, -0.1) is 0 Å². The molecule has 0 heterocycles. The topological polar surface area (TPSA) is 17.1 Å². The standard InChI is InChI=1S/C9H13O/c10-6-9-5-7-1-3-8(9)4-2-7/h7-9H,1-5H2. The lowest BCUT2D eigenvalue weighted by Gasteiger charge is -2.39. The van der Waals surface area contributed by atoms with Crippen LogP contribution in [0.1, 0.15) is 32.1 Å². The van der Waals surface area contributed by atoms with Crippen molar-refractivity contribution in [3.63, 3.8) is 0 Å². The quantitative estimate of drug-likeness (QED) is 0.539. The van der Waals surface area contributed by atoms with Crippen molar-refractivity contribution in [2.24, 2.45) is 17.8 Å². The van der Waals surface area contributed by atoms with E-state index in [0.29, 0.717) is 11.8 Å². The Bertz CT molecular complexity index is 134. The van der Waals surface area contributed by atoms with Crippen molar-refractivity contribution in [3.05, 3.63) is 0 Å². The Kier molecular flexibility index (Phi) is 1.51. The second-order valence-electron chi connectivity index (χ2n) is 3.74. The van der Waals surface area contributed by atoms with Crippen LogP contribution in [0.3, 0.4) is 0 Å². The first kappa shape index (κ1) is 6.38. The van der Waals surface area contributed by atoms with Gasteiger partial charge in [0.05, 0.1) is 0 Å². The number of carbonyl (C=O) groups excluding carboxylic acids is 1. The van der Waals surface area contributed by atoms with E-state index in [0.717, 1.165) is 12.3 Å². The van der Waals surface area contributed by atoms with Gasteiger partial charge in [0.15, 0.2) is 0 Å². The molecule has 3 fully saturated rings. The SMILES string of the molecule is O=[C]C1CC2CCC1CC2. The maximum absolute atomic E-state index is 10.4. The van der Waals surface area contributed by atoms with Gasteiger partial charge in [-0.25, -0.2) is 0 Å². The molecule has 0 aromatic rings. The van der Waals surface area contributed by atoms with E-state index in [-0.39, 0.29) is 0 Å². The van der Waals surface area contributed by atoms with Crippen LogP contribution in [-0.4, -0.2) is 6.29 Å². The summed E-state index contributed by atoms with van der Waals surface area (Å²) in [5.41, 5.74) is 0. The van der Waals surface area contributed by atoms with Gasteiger partial charge >= 0.3 is 0 Å². The lowest BCUT2D eigenvalue weighted by Crippen LogP contribution is -2.31. The van der Waals surface area contributed by atoms with Crippen LogP contribution < -0.4 is 0 Å². The Hall–Kier alpha value is -0.330. The Labute approximate surface area is 61.8 Å². The maximum Gasteiger partial charge on any atom is 0.202 e. The van der Waals surface area contributed by atoms with Gasteiger partial charge < -0.3 is 0 Å². The first-order chi connectivity index (χ1) is 4.90. The Morgan fingerprint density at radius 3 is 2.10 bits per heavy atom. The van der Waals surface area contributed by atoms with E-state index in [2.05, 4.69) is 6.29 Å². The van der Waals surface area contributed by atoms with Gasteiger partial charge in [0.25, 0.3) is 0 Å². The molecule has 1 unspecified atom stereocenters. The number of hydrogen-bond acceptors (Lipinski definition) is 1. The Morgan fingerprint density at radius 2 is 1.80 bits per heavy atom. The van der Waals surface area contributed by atoms with E-state index in [9.17, 15) is 4.79 Å². The van der Waals surface area contributed by atoms with Crippen LogP contribution >= 0.6 is 0 Å². The molecule has 55 valence electrons. The van der Waals surface area contributed by atoms with Crippen molar-refractivity contribution in [2.75, 3.05) is 0 Å². The van der Waals surface area contributed by atoms with Gasteiger partial charge in [0.1, 0.15) is 0 Å². The fourth-order valence-corrected chi connectivity index (χ4v) is 2.52. The van der Waals surface area contributed by atoms with Crippen molar-refractivity contribution >= 4 is 6.29 Å². The smallest absolute Gasteiger partial charge is 0.202 e. The summed E-state index contributed by atoms with van der Waals surface area (Å²) in [4.78, 5) is 10.4. The van der Waals surface area contributed by atoms with Crippen LogP contribution in [0.25, 0.3) is 0 Å². The lowest BCUT2D eigenvalue weighted by atomic mass is 9.65. The van der Waals surface area contributed by atoms with Crippen molar-refractivity contribution in [1.29, 1.82) is 0 Å². The molecular formula is C9H13O. The summed E-state index contributed by atoms with van der Waals surface area (Å²) in [5, 5.41) is 0. The minimum absolute atomic E-state index is 0.312. The molecule has 1 nitrogen and oxygen atoms in total. The molecule has 0 saturated heterocycles. The van der Waals surface area contributed by atoms with Crippen LogP contribution in [-0.2, 0) is 4.79 Å². The molecule has 0 aliphatic heterocycles. The summed E-state index contributed by atoms with van der Waals surface area (Å²) in [6.07, 6.45) is 8.68. The van der Waals surface area contributed by atoms with Gasteiger partial charge in [0, 0.05) is 5.92 Å². The highest BCUT2D eigenvalue weighted by atomic mass is 16.1. The molecule has 0 N–H and O–H groups in total. The first-order valence-electron chi connectivity index (χ1n) is 4.28. The molecule has 0 spiro atoms. The first-order valence-corrected chi connectivity index (χ1v) is 4.28. The van der Waals surface area contributed by atoms with Gasteiger partial charge in [-0.1, -0.05) is 12.8 Å². The monoisotopic (exact) mass is 137 g/mol. The van der Waals surface area contributed by atoms with Gasteiger partial charge in [-0.2, -0.15) is 0 Å². The van der Waals surface area contributed by atoms with Crippen molar-refractivity contribution < 1.29 is 4.79 Å². The minimum atomic E-state index is 0.312. The normalized spacial score (nSPS) is 45.4. The third-order valence-corrected chi connectivity index (χ3v) is 3.20. The second kappa shape index (κ2) is 2.37. The number of rotatable bonds is 1. The van der Waals surface area contributed by atoms with E-state index in [1.54, 1.807) is 0 Å². The van der Waals surface area contributed by atoms with E-state index in [1.807, 2.05) is 0 Å². The third kappa shape index (κ3) is 0.882. The summed E-state index contributed by atoms with van der Waals surface area (Å²) in [6, 6.07) is 0. The van der Waals surface area contributed by atoms with Crippen molar-refractivity contribution in [3.8, 4) is 0 Å². The van der Waals surface area contributed by atoms with Crippen LogP contribution in [0.4, 0.5) is 0 Å². The van der Waals surface area contributed by atoms with Crippen LogP contribution in [0, 0.1) is 17.8 Å². The summed E-state index contributed by atoms with van der Waals surface area (Å²) in [6.45, 7) is 0. The summed E-state index contributed by atoms with van der Waals surface area (Å²) < 4.78 is 0. The van der Waals surface area contributed by atoms with Crippen LogP contribution in [0.2, 0.25) is 0 Å². The fraction of sp³-hybridized carbons (Fsp3) is 0.889. The molecule has 0 aromatic heterocycles. The average Bonchev–Trinajstić information content (AvgIpc) is 2.06. The number of hydrogen-bond donors (Lipinski definition) is 0. The predicted octanol–water partition coefficient (Wildman–Crippen LogP) is 1.92. The molecule has 3 aliphatic rings. The van der Waals surface area contributed by atoms with Crippen molar-refractivity contribution in [2.45, 2.75) is 32.1 Å². The zero-order valence-corrected chi connectivity index (χ0v) is 6.18. The molecule has 3 rings (SSSR count). The zero-order chi connectivity index (χ0) is 6.97. The summed E-state index contributed by atoms with van der Waals surface area (Å²) >= 11 is 0. The molecule has 3 aliphatic carbocycles. The highest BCUT2D eigenvalue weighted by Gasteiger charge is 2.35. The van der Waals surface area contributed by atoms with E-state index >= 15 is 0 Å². The molecule has 10 heavy (non-hydrogen) atoms. The lowest BCUT2D eigenvalue weighted by molar-refractivity contribution is 0.137. The summed E-state index contributed by atoms with van der Waals surface area (Å²) in [5.74, 6) is 1.89. The molecular weight excluding hydrogens is 124 g/mol. The van der Waals surface area contributed by atoms with Gasteiger partial charge in [-0.05, 0) is 31.1 Å². The fourth-order valence-electron chi connectivity index (χ4n) is 2.52. The highest BCUT2D eigenvalue weighted by Crippen LogP contribution is 2.43.